The highest BCUT2D eigenvalue weighted by atomic mass is 16.4. The van der Waals surface area contributed by atoms with E-state index in [-0.39, 0.29) is 22.9 Å². The van der Waals surface area contributed by atoms with E-state index in [0.29, 0.717) is 29.0 Å². The van der Waals surface area contributed by atoms with E-state index in [9.17, 15) is 14.7 Å². The fraction of sp³-hybridized carbons (Fsp3) is 0.0500. The molecule has 0 aliphatic heterocycles. The predicted octanol–water partition coefficient (Wildman–Crippen LogP) is 2.50. The zero-order chi connectivity index (χ0) is 21.1. The number of carboxylic acid groups (broad SMARTS) is 1. The fourth-order valence-corrected chi connectivity index (χ4v) is 3.02. The van der Waals surface area contributed by atoms with E-state index in [4.69, 9.17) is 5.73 Å². The summed E-state index contributed by atoms with van der Waals surface area (Å²) in [5, 5.41) is 22.2. The maximum absolute atomic E-state index is 12.3. The van der Waals surface area contributed by atoms with Crippen molar-refractivity contribution in [3.63, 3.8) is 0 Å². The van der Waals surface area contributed by atoms with Crippen molar-refractivity contribution in [1.82, 2.24) is 20.2 Å². The summed E-state index contributed by atoms with van der Waals surface area (Å²) in [7, 11) is 0. The molecule has 0 saturated carbocycles. The number of hydrogen-bond acceptors (Lipinski definition) is 7. The summed E-state index contributed by atoms with van der Waals surface area (Å²) >= 11 is 0. The van der Waals surface area contributed by atoms with Crippen molar-refractivity contribution >= 4 is 40.1 Å². The molecule has 2 heterocycles. The van der Waals surface area contributed by atoms with Gasteiger partial charge in [0.15, 0.2) is 0 Å². The van der Waals surface area contributed by atoms with Gasteiger partial charge in [0, 0.05) is 17.6 Å². The highest BCUT2D eigenvalue weighted by Gasteiger charge is 2.13. The molecule has 4 rings (SSSR count). The quantitative estimate of drug-likeness (QED) is 0.328. The minimum absolute atomic E-state index is 0.112. The van der Waals surface area contributed by atoms with Gasteiger partial charge in [-0.3, -0.25) is 9.89 Å². The van der Waals surface area contributed by atoms with Crippen LogP contribution in [0.1, 0.15) is 26.3 Å². The molecular weight excluding hydrogens is 386 g/mol. The van der Waals surface area contributed by atoms with Crippen LogP contribution >= 0.6 is 0 Å². The van der Waals surface area contributed by atoms with E-state index in [1.54, 1.807) is 18.2 Å². The van der Waals surface area contributed by atoms with Crippen molar-refractivity contribution in [3.05, 3.63) is 71.7 Å². The highest BCUT2D eigenvalue weighted by molar-refractivity contribution is 6.07. The first kappa shape index (κ1) is 18.9. The monoisotopic (exact) mass is 403 g/mol. The van der Waals surface area contributed by atoms with Gasteiger partial charge in [0.1, 0.15) is 23.5 Å². The number of aromatic nitrogens is 4. The molecule has 10 heteroatoms. The first-order valence-corrected chi connectivity index (χ1v) is 8.93. The molecule has 0 unspecified atom stereocenters. The lowest BCUT2D eigenvalue weighted by Gasteiger charge is -2.11. The molecular formula is C20H17N7O3. The number of rotatable bonds is 6. The Morgan fingerprint density at radius 1 is 1.10 bits per heavy atom. The Morgan fingerprint density at radius 3 is 2.70 bits per heavy atom. The topological polar surface area (TPSA) is 159 Å². The molecule has 0 radical (unpaired) electrons. The highest BCUT2D eigenvalue weighted by Crippen LogP contribution is 2.23. The second kappa shape index (κ2) is 7.87. The van der Waals surface area contributed by atoms with E-state index in [2.05, 4.69) is 30.8 Å². The molecule has 0 fully saturated rings. The van der Waals surface area contributed by atoms with E-state index in [1.165, 1.54) is 18.6 Å². The number of amides is 1. The molecule has 1 amide bonds. The summed E-state index contributed by atoms with van der Waals surface area (Å²) in [4.78, 5) is 32.0. The van der Waals surface area contributed by atoms with Gasteiger partial charge in [0.05, 0.1) is 17.3 Å². The van der Waals surface area contributed by atoms with E-state index < -0.39 is 5.97 Å². The SMILES string of the molecule is Nc1[nH]ncc1C(=O)Nc1cccc(CNc2ncnc3c(C(=O)O)cccc23)c1. The van der Waals surface area contributed by atoms with Crippen LogP contribution in [0.25, 0.3) is 10.9 Å². The van der Waals surface area contributed by atoms with E-state index in [0.717, 1.165) is 5.56 Å². The lowest BCUT2D eigenvalue weighted by atomic mass is 10.1. The maximum atomic E-state index is 12.3. The summed E-state index contributed by atoms with van der Waals surface area (Å²) in [5.74, 6) is -0.702. The summed E-state index contributed by atoms with van der Waals surface area (Å²) in [6.07, 6.45) is 2.69. The van der Waals surface area contributed by atoms with Crippen LogP contribution in [0.3, 0.4) is 0 Å². The number of carboxylic acids is 1. The second-order valence-electron chi connectivity index (χ2n) is 6.43. The zero-order valence-corrected chi connectivity index (χ0v) is 15.6. The number of nitrogen functional groups attached to an aromatic ring is 1. The Hall–Kier alpha value is -4.47. The average Bonchev–Trinajstić information content (AvgIpc) is 3.18. The predicted molar refractivity (Wildman–Crippen MR) is 111 cm³/mol. The first-order chi connectivity index (χ1) is 14.5. The summed E-state index contributed by atoms with van der Waals surface area (Å²) in [6, 6.07) is 12.2. The number of nitrogens with one attached hydrogen (secondary N) is 3. The van der Waals surface area contributed by atoms with Crippen LogP contribution < -0.4 is 16.4 Å². The average molecular weight is 403 g/mol. The zero-order valence-electron chi connectivity index (χ0n) is 15.6. The molecule has 0 aliphatic rings. The van der Waals surface area contributed by atoms with Crippen molar-refractivity contribution in [2.24, 2.45) is 0 Å². The third-order valence-electron chi connectivity index (χ3n) is 4.45. The van der Waals surface area contributed by atoms with Crippen LogP contribution in [0, 0.1) is 0 Å². The van der Waals surface area contributed by atoms with E-state index >= 15 is 0 Å². The molecule has 2 aromatic heterocycles. The molecule has 6 N–H and O–H groups in total. The number of carbonyl (C=O) groups excluding carboxylic acids is 1. The van der Waals surface area contributed by atoms with E-state index in [1.807, 2.05) is 18.2 Å². The summed E-state index contributed by atoms with van der Waals surface area (Å²) in [6.45, 7) is 0.404. The van der Waals surface area contributed by atoms with Gasteiger partial charge in [0.25, 0.3) is 5.91 Å². The minimum atomic E-state index is -1.05. The van der Waals surface area contributed by atoms with Gasteiger partial charge in [0.2, 0.25) is 0 Å². The minimum Gasteiger partial charge on any atom is -0.478 e. The molecule has 4 aromatic rings. The number of carbonyl (C=O) groups is 2. The van der Waals surface area contributed by atoms with Crippen molar-refractivity contribution < 1.29 is 14.7 Å². The smallest absolute Gasteiger partial charge is 0.337 e. The van der Waals surface area contributed by atoms with Crippen LogP contribution in [0.4, 0.5) is 17.3 Å². The molecule has 2 aromatic carbocycles. The van der Waals surface area contributed by atoms with Crippen LogP contribution in [-0.4, -0.2) is 37.1 Å². The van der Waals surface area contributed by atoms with Gasteiger partial charge in [-0.25, -0.2) is 14.8 Å². The Labute approximate surface area is 170 Å². The number of H-pyrrole nitrogens is 1. The number of benzene rings is 2. The Kier molecular flexibility index (Phi) is 4.95. The lowest BCUT2D eigenvalue weighted by molar-refractivity contribution is 0.0698. The van der Waals surface area contributed by atoms with Gasteiger partial charge >= 0.3 is 5.97 Å². The van der Waals surface area contributed by atoms with Crippen LogP contribution in [-0.2, 0) is 6.54 Å². The third kappa shape index (κ3) is 3.74. The molecule has 0 spiro atoms. The van der Waals surface area contributed by atoms with Gasteiger partial charge in [-0.2, -0.15) is 5.10 Å². The summed E-state index contributed by atoms with van der Waals surface area (Å²) in [5.41, 5.74) is 7.89. The number of nitrogens with two attached hydrogens (primary N) is 1. The molecule has 150 valence electrons. The van der Waals surface area contributed by atoms with Gasteiger partial charge in [-0.05, 0) is 29.8 Å². The van der Waals surface area contributed by atoms with Crippen LogP contribution in [0.2, 0.25) is 0 Å². The van der Waals surface area contributed by atoms with Crippen LogP contribution in [0.15, 0.2) is 55.0 Å². The molecule has 10 nitrogen and oxygen atoms in total. The molecule has 0 aliphatic carbocycles. The van der Waals surface area contributed by atoms with Crippen molar-refractivity contribution in [2.45, 2.75) is 6.54 Å². The fourth-order valence-electron chi connectivity index (χ4n) is 3.02. The number of fused-ring (bicyclic) bond motifs is 1. The number of aromatic carboxylic acids is 1. The Morgan fingerprint density at radius 2 is 1.93 bits per heavy atom. The van der Waals surface area contributed by atoms with Crippen molar-refractivity contribution in [1.29, 1.82) is 0 Å². The number of aromatic amines is 1. The third-order valence-corrected chi connectivity index (χ3v) is 4.45. The number of hydrogen-bond donors (Lipinski definition) is 5. The van der Waals surface area contributed by atoms with Gasteiger partial charge < -0.3 is 21.5 Å². The summed E-state index contributed by atoms with van der Waals surface area (Å²) < 4.78 is 0. The maximum Gasteiger partial charge on any atom is 0.337 e. The Balaban J connectivity index is 1.52. The number of nitrogens with zero attached hydrogens (tertiary/aromatic N) is 3. The largest absolute Gasteiger partial charge is 0.478 e. The Bertz CT molecular complexity index is 1250. The molecule has 0 bridgehead atoms. The van der Waals surface area contributed by atoms with Crippen LogP contribution in [0.5, 0.6) is 0 Å². The first-order valence-electron chi connectivity index (χ1n) is 8.93. The number of para-hydroxylation sites is 1. The normalized spacial score (nSPS) is 10.7. The van der Waals surface area contributed by atoms with Crippen molar-refractivity contribution in [2.75, 3.05) is 16.4 Å². The standard InChI is InChI=1S/C20H17N7O3/c21-17-15(9-25-27-17)19(28)26-12-4-1-3-11(7-12)8-22-18-13-5-2-6-14(20(29)30)16(13)23-10-24-18/h1-7,9-10H,8H2,(H,26,28)(H,29,30)(H3,21,25,27)(H,22,23,24). The van der Waals surface area contributed by atoms with Gasteiger partial charge in [-0.1, -0.05) is 18.2 Å². The molecule has 0 saturated heterocycles. The molecule has 30 heavy (non-hydrogen) atoms. The lowest BCUT2D eigenvalue weighted by Crippen LogP contribution is -2.13. The van der Waals surface area contributed by atoms with Crippen molar-refractivity contribution in [3.8, 4) is 0 Å². The number of anilines is 3. The van der Waals surface area contributed by atoms with Gasteiger partial charge in [-0.15, -0.1) is 0 Å². The second-order valence-corrected chi connectivity index (χ2v) is 6.43. The molecule has 0 atom stereocenters.